The number of hydrogen-bond acceptors (Lipinski definition) is 3. The number of nitrogens with one attached hydrogen (secondary N) is 1. The van der Waals surface area contributed by atoms with Crippen LogP contribution in [0.5, 0.6) is 0 Å². The van der Waals surface area contributed by atoms with E-state index in [0.29, 0.717) is 6.42 Å². The van der Waals surface area contributed by atoms with Crippen molar-refractivity contribution in [2.24, 2.45) is 0 Å². The van der Waals surface area contributed by atoms with Crippen LogP contribution in [0.4, 0.5) is 0 Å². The Morgan fingerprint density at radius 3 is 2.92 bits per heavy atom. The number of halogens is 1. The molecule has 0 aliphatic carbocycles. The van der Waals surface area contributed by atoms with E-state index < -0.39 is 5.97 Å². The van der Waals surface area contributed by atoms with Crippen LogP contribution in [-0.4, -0.2) is 35.9 Å². The summed E-state index contributed by atoms with van der Waals surface area (Å²) in [4.78, 5) is 10.5. The highest BCUT2D eigenvalue weighted by Gasteiger charge is 2.40. The number of fused-ring (bicyclic) bond motifs is 1. The van der Waals surface area contributed by atoms with Gasteiger partial charge in [0.2, 0.25) is 0 Å². The maximum absolute atomic E-state index is 10.5. The van der Waals surface area contributed by atoms with Crippen LogP contribution < -0.4 is 5.32 Å². The molecule has 5 heteroatoms. The molecule has 2 aliphatic heterocycles. The van der Waals surface area contributed by atoms with Crippen molar-refractivity contribution in [1.82, 2.24) is 5.32 Å². The van der Waals surface area contributed by atoms with E-state index in [1.807, 2.05) is 0 Å². The SMILES string of the molecule is Cl.O=C(O)C1C[C@H]2OCC[C@@H]2N1. The summed E-state index contributed by atoms with van der Waals surface area (Å²) in [5.41, 5.74) is 0. The van der Waals surface area contributed by atoms with Crippen molar-refractivity contribution in [2.75, 3.05) is 6.61 Å². The van der Waals surface area contributed by atoms with Crippen molar-refractivity contribution in [3.63, 3.8) is 0 Å². The second-order valence-corrected chi connectivity index (χ2v) is 3.10. The summed E-state index contributed by atoms with van der Waals surface area (Å²) in [7, 11) is 0. The van der Waals surface area contributed by atoms with Gasteiger partial charge in [0.25, 0.3) is 0 Å². The topological polar surface area (TPSA) is 58.6 Å². The molecule has 2 rings (SSSR count). The maximum atomic E-state index is 10.5. The third kappa shape index (κ3) is 1.55. The molecule has 0 aromatic rings. The molecule has 2 fully saturated rings. The Hall–Kier alpha value is -0.320. The van der Waals surface area contributed by atoms with Crippen LogP contribution in [-0.2, 0) is 9.53 Å². The minimum atomic E-state index is -0.761. The highest BCUT2D eigenvalue weighted by molar-refractivity contribution is 5.85. The lowest BCUT2D eigenvalue weighted by Gasteiger charge is -2.05. The van der Waals surface area contributed by atoms with Crippen LogP contribution in [0.2, 0.25) is 0 Å². The molecule has 0 saturated carbocycles. The zero-order chi connectivity index (χ0) is 7.84. The van der Waals surface area contributed by atoms with E-state index in [2.05, 4.69) is 5.32 Å². The van der Waals surface area contributed by atoms with Crippen LogP contribution in [0.25, 0.3) is 0 Å². The molecule has 2 heterocycles. The zero-order valence-electron chi connectivity index (χ0n) is 6.53. The average molecular weight is 194 g/mol. The van der Waals surface area contributed by atoms with Crippen LogP contribution >= 0.6 is 12.4 Å². The second kappa shape index (κ2) is 3.60. The average Bonchev–Trinajstić information content (AvgIpc) is 2.40. The smallest absolute Gasteiger partial charge is 0.320 e. The molecule has 12 heavy (non-hydrogen) atoms. The summed E-state index contributed by atoms with van der Waals surface area (Å²) < 4.78 is 5.33. The first-order valence-corrected chi connectivity index (χ1v) is 3.88. The molecule has 0 aromatic heterocycles. The number of ether oxygens (including phenoxy) is 1. The van der Waals surface area contributed by atoms with Gasteiger partial charge in [0, 0.05) is 19.1 Å². The number of hydrogen-bond donors (Lipinski definition) is 2. The van der Waals surface area contributed by atoms with Gasteiger partial charge in [0.05, 0.1) is 6.10 Å². The summed E-state index contributed by atoms with van der Waals surface area (Å²) >= 11 is 0. The Kier molecular flexibility index (Phi) is 2.93. The number of aliphatic carboxylic acids is 1. The van der Waals surface area contributed by atoms with E-state index in [0.717, 1.165) is 13.0 Å². The normalized spacial score (nSPS) is 38.8. The summed E-state index contributed by atoms with van der Waals surface area (Å²) in [6.07, 6.45) is 1.73. The van der Waals surface area contributed by atoms with Crippen LogP contribution in [0.15, 0.2) is 0 Å². The van der Waals surface area contributed by atoms with Crippen LogP contribution in [0.1, 0.15) is 12.8 Å². The molecular weight excluding hydrogens is 182 g/mol. The Balaban J connectivity index is 0.000000720. The highest BCUT2D eigenvalue weighted by atomic mass is 35.5. The van der Waals surface area contributed by atoms with Gasteiger partial charge in [-0.25, -0.2) is 0 Å². The van der Waals surface area contributed by atoms with Gasteiger partial charge in [0.15, 0.2) is 0 Å². The van der Waals surface area contributed by atoms with Crippen molar-refractivity contribution >= 4 is 18.4 Å². The number of carbonyl (C=O) groups is 1. The Morgan fingerprint density at radius 2 is 2.33 bits per heavy atom. The predicted octanol–water partition coefficient (Wildman–Crippen LogP) is 0.0122. The minimum Gasteiger partial charge on any atom is -0.480 e. The van der Waals surface area contributed by atoms with E-state index in [-0.39, 0.29) is 30.6 Å². The molecule has 1 unspecified atom stereocenters. The van der Waals surface area contributed by atoms with Gasteiger partial charge in [-0.2, -0.15) is 0 Å². The summed E-state index contributed by atoms with van der Waals surface area (Å²) in [5.74, 6) is -0.761. The fourth-order valence-corrected chi connectivity index (χ4v) is 1.80. The molecule has 0 amide bonds. The van der Waals surface area contributed by atoms with E-state index in [1.165, 1.54) is 0 Å². The third-order valence-electron chi connectivity index (χ3n) is 2.39. The van der Waals surface area contributed by atoms with Gasteiger partial charge in [-0.05, 0) is 6.42 Å². The van der Waals surface area contributed by atoms with Gasteiger partial charge in [-0.3, -0.25) is 10.1 Å². The van der Waals surface area contributed by atoms with Crippen molar-refractivity contribution in [3.8, 4) is 0 Å². The lowest BCUT2D eigenvalue weighted by atomic mass is 10.1. The molecular formula is C7H12ClNO3. The summed E-state index contributed by atoms with van der Waals surface area (Å²) in [5, 5.41) is 11.7. The monoisotopic (exact) mass is 193 g/mol. The van der Waals surface area contributed by atoms with Crippen LogP contribution in [0, 0.1) is 0 Å². The fourth-order valence-electron chi connectivity index (χ4n) is 1.80. The van der Waals surface area contributed by atoms with Gasteiger partial charge >= 0.3 is 5.97 Å². The lowest BCUT2D eigenvalue weighted by Crippen LogP contribution is -2.35. The molecule has 2 aliphatic rings. The molecule has 0 aromatic carbocycles. The lowest BCUT2D eigenvalue weighted by molar-refractivity contribution is -0.139. The number of carboxylic acid groups (broad SMARTS) is 1. The van der Waals surface area contributed by atoms with Crippen molar-refractivity contribution in [3.05, 3.63) is 0 Å². The Bertz CT molecular complexity index is 175. The van der Waals surface area contributed by atoms with Gasteiger partial charge in [0.1, 0.15) is 6.04 Å². The Labute approximate surface area is 76.7 Å². The van der Waals surface area contributed by atoms with Gasteiger partial charge in [-0.15, -0.1) is 12.4 Å². The van der Waals surface area contributed by atoms with E-state index in [1.54, 1.807) is 0 Å². The quantitative estimate of drug-likeness (QED) is 0.616. The first-order chi connectivity index (χ1) is 5.27. The minimum absolute atomic E-state index is 0. The third-order valence-corrected chi connectivity index (χ3v) is 2.39. The largest absolute Gasteiger partial charge is 0.480 e. The Morgan fingerprint density at radius 1 is 1.58 bits per heavy atom. The number of carboxylic acids is 1. The molecule has 2 N–H and O–H groups in total. The van der Waals surface area contributed by atoms with Crippen molar-refractivity contribution in [2.45, 2.75) is 31.0 Å². The molecule has 2 saturated heterocycles. The number of rotatable bonds is 1. The summed E-state index contributed by atoms with van der Waals surface area (Å²) in [6.45, 7) is 0.772. The first kappa shape index (κ1) is 9.77. The predicted molar refractivity (Wildman–Crippen MR) is 44.6 cm³/mol. The summed E-state index contributed by atoms with van der Waals surface area (Å²) in [6, 6.07) is -0.0959. The molecule has 70 valence electrons. The molecule has 0 radical (unpaired) electrons. The highest BCUT2D eigenvalue weighted by Crippen LogP contribution is 2.24. The zero-order valence-corrected chi connectivity index (χ0v) is 7.34. The van der Waals surface area contributed by atoms with Crippen molar-refractivity contribution < 1.29 is 14.6 Å². The molecule has 0 spiro atoms. The van der Waals surface area contributed by atoms with Crippen molar-refractivity contribution in [1.29, 1.82) is 0 Å². The standard InChI is InChI=1S/C7H11NO3.ClH/c9-7(10)5-3-6-4(8-5)1-2-11-6;/h4-6,8H,1-3H2,(H,9,10);1H/t4-,5?,6+;/m0./s1. The molecule has 0 bridgehead atoms. The van der Waals surface area contributed by atoms with Gasteiger partial charge in [-0.1, -0.05) is 0 Å². The van der Waals surface area contributed by atoms with E-state index >= 15 is 0 Å². The fraction of sp³-hybridized carbons (Fsp3) is 0.857. The van der Waals surface area contributed by atoms with E-state index in [4.69, 9.17) is 9.84 Å². The molecule has 4 nitrogen and oxygen atoms in total. The second-order valence-electron chi connectivity index (χ2n) is 3.10. The van der Waals surface area contributed by atoms with Gasteiger partial charge < -0.3 is 9.84 Å². The molecule has 3 atom stereocenters. The van der Waals surface area contributed by atoms with Crippen LogP contribution in [0.3, 0.4) is 0 Å². The first-order valence-electron chi connectivity index (χ1n) is 3.88. The van der Waals surface area contributed by atoms with E-state index in [9.17, 15) is 4.79 Å². The maximum Gasteiger partial charge on any atom is 0.320 e.